The van der Waals surface area contributed by atoms with Gasteiger partial charge in [-0.1, -0.05) is 19.9 Å². The number of nitrogens with zero attached hydrogens (tertiary/aromatic N) is 2. The van der Waals surface area contributed by atoms with Crippen LogP contribution in [0.1, 0.15) is 19.4 Å². The highest BCUT2D eigenvalue weighted by molar-refractivity contribution is 7.87. The number of benzene rings is 1. The fourth-order valence-electron chi connectivity index (χ4n) is 2.57. The lowest BCUT2D eigenvalue weighted by atomic mass is 10.1. The maximum Gasteiger partial charge on any atom is 0.278 e. The summed E-state index contributed by atoms with van der Waals surface area (Å²) in [5.74, 6) is 0.520. The molecule has 0 bridgehead atoms. The Morgan fingerprint density at radius 1 is 1.30 bits per heavy atom. The van der Waals surface area contributed by atoms with Crippen molar-refractivity contribution in [2.75, 3.05) is 26.4 Å². The van der Waals surface area contributed by atoms with Gasteiger partial charge < -0.3 is 10.3 Å². The Kier molecular flexibility index (Phi) is 5.33. The summed E-state index contributed by atoms with van der Waals surface area (Å²) in [4.78, 5) is 0. The van der Waals surface area contributed by atoms with Gasteiger partial charge in [0.2, 0.25) is 0 Å². The van der Waals surface area contributed by atoms with Crippen LogP contribution >= 0.6 is 0 Å². The van der Waals surface area contributed by atoms with Gasteiger partial charge in [-0.3, -0.25) is 0 Å². The van der Waals surface area contributed by atoms with Crippen molar-refractivity contribution < 1.29 is 8.42 Å². The highest BCUT2D eigenvalue weighted by Crippen LogP contribution is 2.25. The number of aromatic nitrogens is 1. The van der Waals surface area contributed by atoms with E-state index in [1.807, 2.05) is 18.2 Å². The monoisotopic (exact) mass is 338 g/mol. The Bertz CT molecular complexity index is 779. The first-order chi connectivity index (χ1) is 10.7. The summed E-state index contributed by atoms with van der Waals surface area (Å²) in [6.07, 6.45) is 2.74. The van der Waals surface area contributed by atoms with Gasteiger partial charge in [0.05, 0.1) is 5.52 Å². The molecule has 0 fully saturated rings. The molecule has 1 heterocycles. The minimum atomic E-state index is -3.38. The molecule has 0 amide bonds. The third-order valence-corrected chi connectivity index (χ3v) is 5.24. The minimum Gasteiger partial charge on any atom is -0.399 e. The molecule has 7 heteroatoms. The van der Waals surface area contributed by atoms with Crippen LogP contribution in [-0.2, 0) is 23.2 Å². The second kappa shape index (κ2) is 6.90. The number of nitrogens with one attached hydrogen (secondary N) is 1. The number of hydrogen-bond acceptors (Lipinski definition) is 3. The van der Waals surface area contributed by atoms with E-state index in [-0.39, 0.29) is 0 Å². The van der Waals surface area contributed by atoms with Crippen LogP contribution in [0, 0.1) is 5.92 Å². The van der Waals surface area contributed by atoms with Crippen LogP contribution in [-0.4, -0.2) is 37.9 Å². The zero-order chi connectivity index (χ0) is 17.2. The van der Waals surface area contributed by atoms with E-state index in [0.717, 1.165) is 28.7 Å². The molecule has 0 radical (unpaired) electrons. The van der Waals surface area contributed by atoms with Gasteiger partial charge in [-0.25, -0.2) is 4.72 Å². The maximum absolute atomic E-state index is 11.8. The third-order valence-electron chi connectivity index (χ3n) is 3.71. The van der Waals surface area contributed by atoms with Crippen LogP contribution < -0.4 is 10.5 Å². The number of rotatable bonds is 7. The average molecular weight is 338 g/mol. The Labute approximate surface area is 138 Å². The zero-order valence-electron chi connectivity index (χ0n) is 14.2. The largest absolute Gasteiger partial charge is 0.399 e. The summed E-state index contributed by atoms with van der Waals surface area (Å²) >= 11 is 0. The first kappa shape index (κ1) is 17.8. The topological polar surface area (TPSA) is 80.4 Å². The summed E-state index contributed by atoms with van der Waals surface area (Å²) < 4.78 is 29.5. The molecule has 0 aliphatic rings. The Balaban J connectivity index is 2.24. The van der Waals surface area contributed by atoms with Gasteiger partial charge in [0.15, 0.2) is 0 Å². The number of fused-ring (bicyclic) bond motifs is 1. The van der Waals surface area contributed by atoms with Crippen molar-refractivity contribution in [3.8, 4) is 0 Å². The van der Waals surface area contributed by atoms with E-state index in [1.165, 1.54) is 18.4 Å². The number of nitrogens with two attached hydrogens (primary N) is 1. The molecule has 0 saturated heterocycles. The standard InChI is InChI=1S/C16H26N4O2S/c1-12(2)10-20-11-13(7-8-18-23(21,22)19(3)4)15-6-5-14(17)9-16(15)20/h5-6,9,11-12,18H,7-8,10,17H2,1-4H3. The molecule has 1 aromatic heterocycles. The number of anilines is 1. The molecule has 3 N–H and O–H groups in total. The summed E-state index contributed by atoms with van der Waals surface area (Å²) in [6, 6.07) is 5.87. The van der Waals surface area contributed by atoms with Crippen molar-refractivity contribution in [2.45, 2.75) is 26.8 Å². The summed E-state index contributed by atoms with van der Waals surface area (Å²) in [7, 11) is -0.357. The van der Waals surface area contributed by atoms with Crippen molar-refractivity contribution in [1.82, 2.24) is 13.6 Å². The Hall–Kier alpha value is -1.57. The predicted molar refractivity (Wildman–Crippen MR) is 95.5 cm³/mol. The minimum absolute atomic E-state index is 0.367. The highest BCUT2D eigenvalue weighted by Gasteiger charge is 2.14. The summed E-state index contributed by atoms with van der Waals surface area (Å²) in [5, 5.41) is 1.13. The van der Waals surface area contributed by atoms with Gasteiger partial charge in [-0.15, -0.1) is 0 Å². The van der Waals surface area contributed by atoms with Crippen LogP contribution in [0.25, 0.3) is 10.9 Å². The van der Waals surface area contributed by atoms with Gasteiger partial charge in [-0.05, 0) is 30.0 Å². The Morgan fingerprint density at radius 3 is 2.61 bits per heavy atom. The van der Waals surface area contributed by atoms with Crippen LogP contribution in [0.15, 0.2) is 24.4 Å². The van der Waals surface area contributed by atoms with Gasteiger partial charge in [0.1, 0.15) is 0 Å². The van der Waals surface area contributed by atoms with Gasteiger partial charge in [0, 0.05) is 44.5 Å². The van der Waals surface area contributed by atoms with Crippen LogP contribution in [0.4, 0.5) is 5.69 Å². The molecule has 2 aromatic rings. The van der Waals surface area contributed by atoms with E-state index in [9.17, 15) is 8.42 Å². The molecule has 0 saturated carbocycles. The molecule has 1 aromatic carbocycles. The predicted octanol–water partition coefficient (Wildman–Crippen LogP) is 1.82. The molecular formula is C16H26N4O2S. The van der Waals surface area contributed by atoms with Crippen LogP contribution in [0.2, 0.25) is 0 Å². The molecule has 128 valence electrons. The van der Waals surface area contributed by atoms with Gasteiger partial charge >= 0.3 is 0 Å². The third kappa shape index (κ3) is 4.25. The number of hydrogen-bond donors (Lipinski definition) is 2. The molecular weight excluding hydrogens is 312 g/mol. The molecule has 23 heavy (non-hydrogen) atoms. The smallest absolute Gasteiger partial charge is 0.278 e. The average Bonchev–Trinajstić information content (AvgIpc) is 2.75. The first-order valence-corrected chi connectivity index (χ1v) is 9.19. The zero-order valence-corrected chi connectivity index (χ0v) is 15.0. The normalized spacial score (nSPS) is 12.6. The molecule has 0 spiro atoms. The van der Waals surface area contributed by atoms with Crippen molar-refractivity contribution in [3.63, 3.8) is 0 Å². The van der Waals surface area contributed by atoms with Crippen molar-refractivity contribution in [2.24, 2.45) is 5.92 Å². The van der Waals surface area contributed by atoms with Crippen molar-refractivity contribution >= 4 is 26.8 Å². The van der Waals surface area contributed by atoms with Crippen LogP contribution in [0.3, 0.4) is 0 Å². The molecule has 0 aliphatic carbocycles. The van der Waals surface area contributed by atoms with E-state index in [2.05, 4.69) is 29.3 Å². The fourth-order valence-corrected chi connectivity index (χ4v) is 3.19. The van der Waals surface area contributed by atoms with Gasteiger partial charge in [-0.2, -0.15) is 12.7 Å². The van der Waals surface area contributed by atoms with E-state index in [1.54, 1.807) is 0 Å². The quantitative estimate of drug-likeness (QED) is 0.756. The van der Waals surface area contributed by atoms with Crippen molar-refractivity contribution in [3.05, 3.63) is 30.0 Å². The van der Waals surface area contributed by atoms with E-state index in [4.69, 9.17) is 5.73 Å². The Morgan fingerprint density at radius 2 is 2.00 bits per heavy atom. The lowest BCUT2D eigenvalue weighted by Gasteiger charge is -2.11. The molecule has 0 unspecified atom stereocenters. The molecule has 6 nitrogen and oxygen atoms in total. The second-order valence-electron chi connectivity index (χ2n) is 6.41. The SMILES string of the molecule is CC(C)Cn1cc(CCNS(=O)(=O)N(C)C)c2ccc(N)cc21. The van der Waals surface area contributed by atoms with Crippen LogP contribution in [0.5, 0.6) is 0 Å². The fraction of sp³-hybridized carbons (Fsp3) is 0.500. The lowest BCUT2D eigenvalue weighted by Crippen LogP contribution is -2.36. The molecule has 2 rings (SSSR count). The van der Waals surface area contributed by atoms with Gasteiger partial charge in [0.25, 0.3) is 10.2 Å². The molecule has 0 atom stereocenters. The van der Waals surface area contributed by atoms with E-state index < -0.39 is 10.2 Å². The maximum atomic E-state index is 11.8. The first-order valence-electron chi connectivity index (χ1n) is 7.75. The van der Waals surface area contributed by atoms with Crippen molar-refractivity contribution in [1.29, 1.82) is 0 Å². The lowest BCUT2D eigenvalue weighted by molar-refractivity contribution is 0.506. The number of nitrogen functional groups attached to an aromatic ring is 1. The molecule has 0 aliphatic heterocycles. The van der Waals surface area contributed by atoms with E-state index >= 15 is 0 Å². The second-order valence-corrected chi connectivity index (χ2v) is 8.38. The summed E-state index contributed by atoms with van der Waals surface area (Å²) in [6.45, 7) is 5.61. The van der Waals surface area contributed by atoms with E-state index in [0.29, 0.717) is 18.9 Å². The highest BCUT2D eigenvalue weighted by atomic mass is 32.2. The summed E-state index contributed by atoms with van der Waals surface area (Å²) in [5.41, 5.74) is 8.88.